The molecule has 0 saturated carbocycles. The van der Waals surface area contributed by atoms with Crippen molar-refractivity contribution in [1.29, 1.82) is 0 Å². The molecule has 222 valence electrons. The summed E-state index contributed by atoms with van der Waals surface area (Å²) in [5, 5.41) is 0.156. The normalized spacial score (nSPS) is 15.7. The van der Waals surface area contributed by atoms with Crippen molar-refractivity contribution in [1.82, 2.24) is 0 Å². The maximum absolute atomic E-state index is 12.7. The lowest BCUT2D eigenvalue weighted by Gasteiger charge is -2.29. The molecule has 0 rings (SSSR count). The van der Waals surface area contributed by atoms with E-state index < -0.39 is 19.4 Å². The van der Waals surface area contributed by atoms with Crippen LogP contribution in [0.4, 0.5) is 0 Å². The summed E-state index contributed by atoms with van der Waals surface area (Å²) in [7, 11) is -3.09. The van der Waals surface area contributed by atoms with Gasteiger partial charge in [-0.1, -0.05) is 117 Å². The van der Waals surface area contributed by atoms with Crippen LogP contribution < -0.4 is 0 Å². The van der Waals surface area contributed by atoms with Crippen molar-refractivity contribution in [3.63, 3.8) is 0 Å². The summed E-state index contributed by atoms with van der Waals surface area (Å²) >= 11 is 1.87. The van der Waals surface area contributed by atoms with Crippen molar-refractivity contribution < 1.29 is 28.3 Å². The van der Waals surface area contributed by atoms with Gasteiger partial charge in [0.25, 0.3) is 5.85 Å². The van der Waals surface area contributed by atoms with Crippen LogP contribution in [0.2, 0.25) is 0 Å². The molecular weight excluding hydrogens is 507 g/mol. The highest BCUT2D eigenvalue weighted by Gasteiger charge is 2.42. The second-order valence-electron chi connectivity index (χ2n) is 10.3. The molecular formula is C29H59O6PS. The molecule has 0 amide bonds. The van der Waals surface area contributed by atoms with Gasteiger partial charge in [0, 0.05) is 5.25 Å². The minimum Gasteiger partial charge on any atom is -0.467 e. The Kier molecular flexibility index (Phi) is 24.9. The number of ether oxygens (including phenoxy) is 2. The van der Waals surface area contributed by atoms with E-state index in [1.807, 2.05) is 25.6 Å². The summed E-state index contributed by atoms with van der Waals surface area (Å²) in [5.41, 5.74) is 0. The van der Waals surface area contributed by atoms with E-state index in [9.17, 15) is 14.3 Å². The second kappa shape index (κ2) is 24.9. The second-order valence-corrected chi connectivity index (χ2v) is 13.5. The van der Waals surface area contributed by atoms with E-state index >= 15 is 0 Å². The standard InChI is InChI=1S/C29H59O6PS/c1-6-9-11-13-14-15-16-17-18-20-22-25-37-27(23-21-19-12-10-7-2)26(4)35-29(28(30)33-5)36(31,32)34-24-8-3/h26-27,29H,6-25H2,1-5H3,(H,31,32). The predicted molar refractivity (Wildman–Crippen MR) is 159 cm³/mol. The van der Waals surface area contributed by atoms with Crippen LogP contribution >= 0.6 is 19.4 Å². The average Bonchev–Trinajstić information content (AvgIpc) is 2.89. The van der Waals surface area contributed by atoms with E-state index in [-0.39, 0.29) is 18.0 Å². The van der Waals surface area contributed by atoms with Crippen LogP contribution in [0.25, 0.3) is 0 Å². The van der Waals surface area contributed by atoms with Gasteiger partial charge in [-0.2, -0.15) is 11.8 Å². The Morgan fingerprint density at radius 1 is 0.784 bits per heavy atom. The van der Waals surface area contributed by atoms with Gasteiger partial charge in [0.15, 0.2) is 0 Å². The van der Waals surface area contributed by atoms with Crippen molar-refractivity contribution in [3.8, 4) is 0 Å². The van der Waals surface area contributed by atoms with E-state index in [0.29, 0.717) is 6.42 Å². The number of unbranched alkanes of at least 4 members (excludes halogenated alkanes) is 14. The van der Waals surface area contributed by atoms with Crippen LogP contribution in [0, 0.1) is 0 Å². The van der Waals surface area contributed by atoms with Crippen LogP contribution in [0.5, 0.6) is 0 Å². The Labute approximate surface area is 233 Å². The van der Waals surface area contributed by atoms with Crippen molar-refractivity contribution in [3.05, 3.63) is 0 Å². The first-order valence-electron chi connectivity index (χ1n) is 15.2. The molecule has 0 heterocycles. The smallest absolute Gasteiger partial charge is 0.368 e. The minimum absolute atomic E-state index is 0.0908. The van der Waals surface area contributed by atoms with Gasteiger partial charge in [-0.25, -0.2) is 4.79 Å². The average molecular weight is 567 g/mol. The molecule has 4 unspecified atom stereocenters. The molecule has 6 nitrogen and oxygen atoms in total. The molecule has 0 aliphatic rings. The molecule has 0 fully saturated rings. The van der Waals surface area contributed by atoms with E-state index in [4.69, 9.17) is 14.0 Å². The zero-order valence-electron chi connectivity index (χ0n) is 24.7. The SMILES string of the molecule is CCCCCCCCCCCCCSC(CCCCCCC)C(C)OC(C(=O)OC)P(=O)(O)OCCC. The zero-order chi connectivity index (χ0) is 27.8. The van der Waals surface area contributed by atoms with Crippen LogP contribution in [0.3, 0.4) is 0 Å². The Morgan fingerprint density at radius 3 is 1.76 bits per heavy atom. The predicted octanol–water partition coefficient (Wildman–Crippen LogP) is 9.28. The van der Waals surface area contributed by atoms with Crippen LogP contribution in [0.1, 0.15) is 143 Å². The first-order valence-corrected chi connectivity index (χ1v) is 17.8. The third-order valence-corrected chi connectivity index (χ3v) is 9.77. The fourth-order valence-electron chi connectivity index (χ4n) is 4.35. The van der Waals surface area contributed by atoms with E-state index in [2.05, 4.69) is 13.8 Å². The summed E-state index contributed by atoms with van der Waals surface area (Å²) in [5.74, 6) is -1.42. The van der Waals surface area contributed by atoms with Gasteiger partial charge < -0.3 is 18.9 Å². The molecule has 0 aliphatic heterocycles. The quantitative estimate of drug-likeness (QED) is 0.0602. The Bertz CT molecular complexity index is 577. The highest BCUT2D eigenvalue weighted by Crippen LogP contribution is 2.49. The summed E-state index contributed by atoms with van der Waals surface area (Å²) in [6, 6.07) is 0. The molecule has 1 N–H and O–H groups in total. The highest BCUT2D eigenvalue weighted by molar-refractivity contribution is 7.99. The lowest BCUT2D eigenvalue weighted by atomic mass is 10.1. The van der Waals surface area contributed by atoms with Crippen molar-refractivity contribution in [2.24, 2.45) is 0 Å². The summed E-state index contributed by atoms with van der Waals surface area (Å²) in [6.07, 6.45) is 21.7. The third kappa shape index (κ3) is 19.6. The summed E-state index contributed by atoms with van der Waals surface area (Å²) in [6.45, 7) is 8.31. The Hall–Kier alpha value is -0.0700. The first kappa shape index (κ1) is 36.9. The number of hydrogen-bond acceptors (Lipinski definition) is 6. The van der Waals surface area contributed by atoms with Crippen molar-refractivity contribution >= 4 is 25.3 Å². The molecule has 0 aromatic rings. The molecule has 4 atom stereocenters. The maximum atomic E-state index is 12.7. The highest BCUT2D eigenvalue weighted by atomic mass is 32.2. The zero-order valence-corrected chi connectivity index (χ0v) is 26.4. The number of hydrogen-bond donors (Lipinski definition) is 1. The Balaban J connectivity index is 4.66. The molecule has 8 heteroatoms. The number of thioether (sulfide) groups is 1. The number of methoxy groups -OCH3 is 1. The van der Waals surface area contributed by atoms with Gasteiger partial charge in [-0.3, -0.25) is 4.57 Å². The summed E-state index contributed by atoms with van der Waals surface area (Å²) in [4.78, 5) is 22.7. The number of rotatable bonds is 27. The molecule has 0 aromatic heterocycles. The first-order chi connectivity index (χ1) is 17.8. The lowest BCUT2D eigenvalue weighted by Crippen LogP contribution is -2.35. The van der Waals surface area contributed by atoms with Crippen LogP contribution in [-0.4, -0.2) is 47.5 Å². The van der Waals surface area contributed by atoms with Crippen LogP contribution in [-0.2, 0) is 23.4 Å². The minimum atomic E-state index is -4.29. The number of esters is 1. The number of carbonyl (C=O) groups is 1. The van der Waals surface area contributed by atoms with Gasteiger partial charge in [0.2, 0.25) is 0 Å². The molecule has 0 aliphatic carbocycles. The lowest BCUT2D eigenvalue weighted by molar-refractivity contribution is -0.152. The summed E-state index contributed by atoms with van der Waals surface area (Å²) < 4.78 is 28.6. The Morgan fingerprint density at radius 2 is 1.27 bits per heavy atom. The molecule has 37 heavy (non-hydrogen) atoms. The third-order valence-electron chi connectivity index (χ3n) is 6.72. The van der Waals surface area contributed by atoms with Gasteiger partial charge >= 0.3 is 13.6 Å². The van der Waals surface area contributed by atoms with Crippen molar-refractivity contribution in [2.45, 2.75) is 160 Å². The van der Waals surface area contributed by atoms with E-state index in [1.165, 1.54) is 103 Å². The topological polar surface area (TPSA) is 82.1 Å². The van der Waals surface area contributed by atoms with Gasteiger partial charge in [-0.15, -0.1) is 0 Å². The fraction of sp³-hybridized carbons (Fsp3) is 0.966. The number of carbonyl (C=O) groups excluding carboxylic acids is 1. The van der Waals surface area contributed by atoms with E-state index in [0.717, 1.165) is 18.6 Å². The van der Waals surface area contributed by atoms with Gasteiger partial charge in [0.05, 0.1) is 19.8 Å². The molecule has 0 saturated heterocycles. The molecule has 0 aromatic carbocycles. The van der Waals surface area contributed by atoms with Crippen LogP contribution in [0.15, 0.2) is 0 Å². The maximum Gasteiger partial charge on any atom is 0.368 e. The fourth-order valence-corrected chi connectivity index (χ4v) is 6.99. The van der Waals surface area contributed by atoms with Gasteiger partial charge in [-0.05, 0) is 31.9 Å². The molecule has 0 bridgehead atoms. The van der Waals surface area contributed by atoms with E-state index in [1.54, 1.807) is 0 Å². The molecule has 0 radical (unpaired) electrons. The largest absolute Gasteiger partial charge is 0.467 e. The van der Waals surface area contributed by atoms with Crippen molar-refractivity contribution in [2.75, 3.05) is 19.5 Å². The van der Waals surface area contributed by atoms with Gasteiger partial charge in [0.1, 0.15) is 0 Å². The molecule has 0 spiro atoms. The monoisotopic (exact) mass is 566 g/mol.